The van der Waals surface area contributed by atoms with E-state index in [1.807, 2.05) is 43.5 Å². The second kappa shape index (κ2) is 6.80. The number of aromatic nitrogens is 2. The van der Waals surface area contributed by atoms with Gasteiger partial charge in [0.25, 0.3) is 0 Å². The first kappa shape index (κ1) is 15.6. The van der Waals surface area contributed by atoms with Gasteiger partial charge in [-0.05, 0) is 32.9 Å². The van der Waals surface area contributed by atoms with Crippen LogP contribution in [0.15, 0.2) is 18.2 Å². The lowest BCUT2D eigenvalue weighted by molar-refractivity contribution is -0.122. The van der Waals surface area contributed by atoms with E-state index in [0.29, 0.717) is 18.2 Å². The van der Waals surface area contributed by atoms with Gasteiger partial charge in [-0.1, -0.05) is 6.07 Å². The number of ether oxygens (including phenoxy) is 1. The number of rotatable bonds is 6. The fraction of sp³-hybridized carbons (Fsp3) is 0.467. The molecule has 0 fully saturated rings. The van der Waals surface area contributed by atoms with Gasteiger partial charge in [0.1, 0.15) is 23.6 Å². The van der Waals surface area contributed by atoms with E-state index < -0.39 is 0 Å². The largest absolute Gasteiger partial charge is 0.492 e. The summed E-state index contributed by atoms with van der Waals surface area (Å²) in [6, 6.07) is 5.79. The monoisotopic (exact) mass is 309 g/mol. The first-order valence-electron chi connectivity index (χ1n) is 7.03. The number of alkyl halides is 1. The van der Waals surface area contributed by atoms with Gasteiger partial charge in [-0.15, -0.1) is 11.6 Å². The number of nitrogens with zero attached hydrogens (tertiary/aromatic N) is 2. The molecule has 1 aromatic carbocycles. The summed E-state index contributed by atoms with van der Waals surface area (Å²) in [5.74, 6) is 1.56. The van der Waals surface area contributed by atoms with E-state index in [4.69, 9.17) is 16.3 Å². The van der Waals surface area contributed by atoms with Crippen LogP contribution in [-0.4, -0.2) is 28.1 Å². The maximum atomic E-state index is 12.0. The highest BCUT2D eigenvalue weighted by Gasteiger charge is 2.16. The summed E-state index contributed by atoms with van der Waals surface area (Å²) in [7, 11) is 0. The lowest BCUT2D eigenvalue weighted by Crippen LogP contribution is -2.33. The van der Waals surface area contributed by atoms with Crippen LogP contribution >= 0.6 is 11.6 Å². The highest BCUT2D eigenvalue weighted by Crippen LogP contribution is 2.26. The summed E-state index contributed by atoms with van der Waals surface area (Å²) >= 11 is 5.97. The number of para-hydroxylation sites is 1. The van der Waals surface area contributed by atoms with Crippen molar-refractivity contribution in [2.75, 3.05) is 6.61 Å². The number of carbonyl (C=O) groups is 1. The molecule has 0 aliphatic heterocycles. The van der Waals surface area contributed by atoms with Crippen molar-refractivity contribution in [3.8, 4) is 5.75 Å². The maximum Gasteiger partial charge on any atom is 0.240 e. The van der Waals surface area contributed by atoms with Crippen molar-refractivity contribution in [1.29, 1.82) is 0 Å². The van der Waals surface area contributed by atoms with E-state index in [1.54, 1.807) is 0 Å². The molecular formula is C15H20ClN3O2. The third-order valence-corrected chi connectivity index (χ3v) is 3.23. The number of hydrogen-bond acceptors (Lipinski definition) is 3. The van der Waals surface area contributed by atoms with Gasteiger partial charge in [0, 0.05) is 6.04 Å². The summed E-state index contributed by atoms with van der Waals surface area (Å²) in [5, 5.41) is 2.87. The fourth-order valence-electron chi connectivity index (χ4n) is 2.23. The van der Waals surface area contributed by atoms with Crippen LogP contribution in [0.25, 0.3) is 11.0 Å². The first-order valence-corrected chi connectivity index (χ1v) is 7.56. The highest BCUT2D eigenvalue weighted by atomic mass is 35.5. The number of carbonyl (C=O) groups excluding carboxylic acids is 1. The number of nitrogens with one attached hydrogen (secondary N) is 1. The Balaban J connectivity index is 2.42. The molecule has 5 nitrogen and oxygen atoms in total. The summed E-state index contributed by atoms with van der Waals surface area (Å²) in [5.41, 5.74) is 1.60. The van der Waals surface area contributed by atoms with Crippen LogP contribution in [0.2, 0.25) is 0 Å². The molecule has 0 bridgehead atoms. The van der Waals surface area contributed by atoms with Crippen LogP contribution in [0.1, 0.15) is 26.6 Å². The lowest BCUT2D eigenvalue weighted by atomic mass is 10.3. The van der Waals surface area contributed by atoms with Gasteiger partial charge in [0.05, 0.1) is 18.0 Å². The quantitative estimate of drug-likeness (QED) is 0.835. The summed E-state index contributed by atoms with van der Waals surface area (Å²) < 4.78 is 7.42. The molecular weight excluding hydrogens is 290 g/mol. The van der Waals surface area contributed by atoms with Gasteiger partial charge in [0.15, 0.2) is 0 Å². The normalized spacial score (nSPS) is 11.1. The van der Waals surface area contributed by atoms with Gasteiger partial charge in [-0.3, -0.25) is 4.79 Å². The molecule has 0 aliphatic rings. The Labute approximate surface area is 129 Å². The second-order valence-electron chi connectivity index (χ2n) is 5.03. The van der Waals surface area contributed by atoms with Gasteiger partial charge < -0.3 is 14.6 Å². The standard InChI is InChI=1S/C15H20ClN3O2/c1-4-21-12-7-5-6-11-15(12)18-13(8-16)19(11)9-14(20)17-10(2)3/h5-7,10H,4,8-9H2,1-3H3,(H,17,20). The Kier molecular flexibility index (Phi) is 5.07. The van der Waals surface area contributed by atoms with Crippen LogP contribution in [0.3, 0.4) is 0 Å². The van der Waals surface area contributed by atoms with E-state index >= 15 is 0 Å². The zero-order valence-electron chi connectivity index (χ0n) is 12.5. The number of benzene rings is 1. The highest BCUT2D eigenvalue weighted by molar-refractivity contribution is 6.17. The molecule has 0 aliphatic carbocycles. The van der Waals surface area contributed by atoms with Crippen molar-refractivity contribution in [2.24, 2.45) is 0 Å². The van der Waals surface area contributed by atoms with Crippen LogP contribution < -0.4 is 10.1 Å². The summed E-state index contributed by atoms with van der Waals surface area (Å²) in [6.45, 7) is 6.55. The minimum absolute atomic E-state index is 0.0579. The van der Waals surface area contributed by atoms with Gasteiger partial charge in [-0.2, -0.15) is 0 Å². The molecule has 0 unspecified atom stereocenters. The van der Waals surface area contributed by atoms with E-state index in [2.05, 4.69) is 10.3 Å². The third-order valence-electron chi connectivity index (χ3n) is 2.99. The molecule has 114 valence electrons. The number of halogens is 1. The Morgan fingerprint density at radius 2 is 2.24 bits per heavy atom. The smallest absolute Gasteiger partial charge is 0.240 e. The van der Waals surface area contributed by atoms with Crippen molar-refractivity contribution < 1.29 is 9.53 Å². The van der Waals surface area contributed by atoms with Crippen LogP contribution in [0, 0.1) is 0 Å². The zero-order chi connectivity index (χ0) is 15.4. The predicted molar refractivity (Wildman–Crippen MR) is 83.7 cm³/mol. The summed E-state index contributed by atoms with van der Waals surface area (Å²) in [6.07, 6.45) is 0. The van der Waals surface area contributed by atoms with Crippen molar-refractivity contribution >= 4 is 28.5 Å². The Morgan fingerprint density at radius 1 is 1.48 bits per heavy atom. The number of imidazole rings is 1. The molecule has 1 aromatic heterocycles. The Hall–Kier alpha value is -1.75. The number of fused-ring (bicyclic) bond motifs is 1. The van der Waals surface area contributed by atoms with E-state index in [0.717, 1.165) is 11.0 Å². The maximum absolute atomic E-state index is 12.0. The predicted octanol–water partition coefficient (Wildman–Crippen LogP) is 2.70. The SMILES string of the molecule is CCOc1cccc2c1nc(CCl)n2CC(=O)NC(C)C. The molecule has 1 amide bonds. The molecule has 0 atom stereocenters. The Bertz CT molecular complexity index is 637. The van der Waals surface area contributed by atoms with Crippen LogP contribution in [0.4, 0.5) is 0 Å². The minimum Gasteiger partial charge on any atom is -0.492 e. The molecule has 2 rings (SSSR count). The van der Waals surface area contributed by atoms with Crippen molar-refractivity contribution in [3.05, 3.63) is 24.0 Å². The number of amides is 1. The summed E-state index contributed by atoms with van der Waals surface area (Å²) in [4.78, 5) is 16.5. The molecule has 1 N–H and O–H groups in total. The molecule has 0 saturated carbocycles. The van der Waals surface area contributed by atoms with E-state index in [-0.39, 0.29) is 24.4 Å². The topological polar surface area (TPSA) is 56.2 Å². The van der Waals surface area contributed by atoms with Crippen molar-refractivity contribution in [1.82, 2.24) is 14.9 Å². The van der Waals surface area contributed by atoms with E-state index in [1.165, 1.54) is 0 Å². The Morgan fingerprint density at radius 3 is 2.86 bits per heavy atom. The van der Waals surface area contributed by atoms with Crippen LogP contribution in [0.5, 0.6) is 5.75 Å². The second-order valence-corrected chi connectivity index (χ2v) is 5.29. The van der Waals surface area contributed by atoms with Crippen molar-refractivity contribution in [3.63, 3.8) is 0 Å². The van der Waals surface area contributed by atoms with Gasteiger partial charge >= 0.3 is 0 Å². The van der Waals surface area contributed by atoms with Crippen molar-refractivity contribution in [2.45, 2.75) is 39.2 Å². The molecule has 2 aromatic rings. The minimum atomic E-state index is -0.0579. The van der Waals surface area contributed by atoms with E-state index in [9.17, 15) is 4.79 Å². The molecule has 0 radical (unpaired) electrons. The average Bonchev–Trinajstić information content (AvgIpc) is 2.77. The number of hydrogen-bond donors (Lipinski definition) is 1. The molecule has 21 heavy (non-hydrogen) atoms. The lowest BCUT2D eigenvalue weighted by Gasteiger charge is -2.11. The van der Waals surface area contributed by atoms with Gasteiger partial charge in [-0.25, -0.2) is 4.98 Å². The average molecular weight is 310 g/mol. The molecule has 0 saturated heterocycles. The zero-order valence-corrected chi connectivity index (χ0v) is 13.3. The molecule has 6 heteroatoms. The fourth-order valence-corrected chi connectivity index (χ4v) is 2.44. The molecule has 1 heterocycles. The first-order chi connectivity index (χ1) is 10.1. The van der Waals surface area contributed by atoms with Crippen LogP contribution in [-0.2, 0) is 17.2 Å². The third kappa shape index (κ3) is 3.47. The molecule has 0 spiro atoms. The van der Waals surface area contributed by atoms with Gasteiger partial charge in [0.2, 0.25) is 5.91 Å².